The monoisotopic (exact) mass is 195 g/mol. The van der Waals surface area contributed by atoms with E-state index in [-0.39, 0.29) is 0 Å². The second-order valence-corrected chi connectivity index (χ2v) is 5.93. The Balaban J connectivity index is 2.05. The fraction of sp³-hybridized carbons (Fsp3) is 1.00. The molecule has 2 heterocycles. The maximum atomic E-state index is 2.74. The highest BCUT2D eigenvalue weighted by molar-refractivity contribution is 4.94. The van der Waals surface area contributed by atoms with Gasteiger partial charge in [-0.3, -0.25) is 4.90 Å². The Hall–Kier alpha value is -0.0400. The van der Waals surface area contributed by atoms with Gasteiger partial charge < -0.3 is 0 Å². The average molecular weight is 195 g/mol. The van der Waals surface area contributed by atoms with Gasteiger partial charge in [0.1, 0.15) is 0 Å². The highest BCUT2D eigenvalue weighted by Gasteiger charge is 2.41. The zero-order valence-corrected chi connectivity index (χ0v) is 10.2. The van der Waals surface area contributed by atoms with E-state index >= 15 is 0 Å². The normalized spacial score (nSPS) is 38.6. The van der Waals surface area contributed by atoms with Gasteiger partial charge in [-0.2, -0.15) is 0 Å². The van der Waals surface area contributed by atoms with Crippen molar-refractivity contribution in [2.24, 2.45) is 17.8 Å². The van der Waals surface area contributed by atoms with Crippen molar-refractivity contribution >= 4 is 0 Å². The summed E-state index contributed by atoms with van der Waals surface area (Å²) < 4.78 is 0. The molecule has 1 heteroatoms. The molecule has 1 nitrogen and oxygen atoms in total. The zero-order valence-electron chi connectivity index (χ0n) is 10.2. The molecule has 0 N–H and O–H groups in total. The van der Waals surface area contributed by atoms with Crippen molar-refractivity contribution in [2.75, 3.05) is 6.54 Å². The summed E-state index contributed by atoms with van der Waals surface area (Å²) in [5, 5.41) is 0. The Morgan fingerprint density at radius 3 is 2.21 bits per heavy atom. The molecule has 0 spiro atoms. The highest BCUT2D eigenvalue weighted by Crippen LogP contribution is 2.43. The molecule has 0 aromatic rings. The number of hydrogen-bond donors (Lipinski definition) is 0. The van der Waals surface area contributed by atoms with E-state index in [1.165, 1.54) is 25.8 Å². The lowest BCUT2D eigenvalue weighted by atomic mass is 9.67. The molecule has 0 aromatic carbocycles. The van der Waals surface area contributed by atoms with E-state index in [4.69, 9.17) is 0 Å². The van der Waals surface area contributed by atoms with Crippen LogP contribution in [0.2, 0.25) is 0 Å². The van der Waals surface area contributed by atoms with Crippen LogP contribution < -0.4 is 0 Å². The number of piperidine rings is 2. The second-order valence-electron chi connectivity index (χ2n) is 5.93. The largest absolute Gasteiger partial charge is 0.298 e. The summed E-state index contributed by atoms with van der Waals surface area (Å²) in [4.78, 5) is 2.74. The minimum Gasteiger partial charge on any atom is -0.298 e. The molecule has 0 radical (unpaired) electrons. The fourth-order valence-corrected chi connectivity index (χ4v) is 3.64. The molecule has 2 bridgehead atoms. The summed E-state index contributed by atoms with van der Waals surface area (Å²) in [5.74, 6) is 2.92. The molecule has 1 saturated carbocycles. The molecule has 3 fully saturated rings. The first-order valence-corrected chi connectivity index (χ1v) is 6.35. The molecule has 1 unspecified atom stereocenters. The van der Waals surface area contributed by atoms with Crippen LogP contribution in [0.4, 0.5) is 0 Å². The Labute approximate surface area is 88.9 Å². The molecular formula is C13H25N. The molecule has 0 amide bonds. The molecule has 0 aromatic heterocycles. The first kappa shape index (κ1) is 10.5. The Bertz CT molecular complexity index is 175. The quantitative estimate of drug-likeness (QED) is 0.654. The van der Waals surface area contributed by atoms with E-state index in [1.54, 1.807) is 0 Å². The molecule has 3 atom stereocenters. The first-order chi connectivity index (χ1) is 6.59. The molecule has 14 heavy (non-hydrogen) atoms. The van der Waals surface area contributed by atoms with E-state index < -0.39 is 0 Å². The van der Waals surface area contributed by atoms with E-state index in [0.29, 0.717) is 0 Å². The van der Waals surface area contributed by atoms with Gasteiger partial charge in [-0.15, -0.1) is 0 Å². The van der Waals surface area contributed by atoms with Crippen LogP contribution in [0.3, 0.4) is 0 Å². The van der Waals surface area contributed by atoms with Crippen molar-refractivity contribution in [3.05, 3.63) is 0 Å². The third kappa shape index (κ3) is 1.71. The molecule has 3 aliphatic rings. The minimum atomic E-state index is 0.760. The van der Waals surface area contributed by atoms with Gasteiger partial charge in [0, 0.05) is 18.6 Å². The van der Waals surface area contributed by atoms with Crippen molar-refractivity contribution in [3.8, 4) is 0 Å². The van der Waals surface area contributed by atoms with E-state index in [2.05, 4.69) is 32.6 Å². The van der Waals surface area contributed by atoms with Crippen molar-refractivity contribution in [2.45, 2.75) is 59.0 Å². The molecule has 3 rings (SSSR count). The van der Waals surface area contributed by atoms with Crippen molar-refractivity contribution < 1.29 is 0 Å². The van der Waals surface area contributed by atoms with Crippen LogP contribution in [0.5, 0.6) is 0 Å². The molecule has 2 aliphatic heterocycles. The summed E-state index contributed by atoms with van der Waals surface area (Å²) in [6.45, 7) is 10.9. The Morgan fingerprint density at radius 2 is 1.79 bits per heavy atom. The van der Waals surface area contributed by atoms with E-state index in [9.17, 15) is 0 Å². The van der Waals surface area contributed by atoms with E-state index in [0.717, 1.165) is 29.8 Å². The lowest BCUT2D eigenvalue weighted by Gasteiger charge is -2.52. The fourth-order valence-electron chi connectivity index (χ4n) is 3.64. The third-order valence-electron chi connectivity index (χ3n) is 4.45. The number of nitrogens with zero attached hydrogens (tertiary/aromatic N) is 1. The highest BCUT2D eigenvalue weighted by atomic mass is 15.2. The molecule has 1 aliphatic carbocycles. The SMILES string of the molecule is CC(C)C1C[C@@H]2CC[C@H]1CN2C(C)C. The van der Waals surface area contributed by atoms with Crippen LogP contribution in [-0.4, -0.2) is 23.5 Å². The minimum absolute atomic E-state index is 0.760. The summed E-state index contributed by atoms with van der Waals surface area (Å²) in [5.41, 5.74) is 0. The molecular weight excluding hydrogens is 170 g/mol. The van der Waals surface area contributed by atoms with Crippen molar-refractivity contribution in [3.63, 3.8) is 0 Å². The summed E-state index contributed by atoms with van der Waals surface area (Å²) in [6, 6.07) is 1.67. The summed E-state index contributed by atoms with van der Waals surface area (Å²) >= 11 is 0. The van der Waals surface area contributed by atoms with Crippen LogP contribution in [0.15, 0.2) is 0 Å². The van der Waals surface area contributed by atoms with Crippen LogP contribution >= 0.6 is 0 Å². The summed E-state index contributed by atoms with van der Waals surface area (Å²) in [7, 11) is 0. The van der Waals surface area contributed by atoms with Gasteiger partial charge in [-0.1, -0.05) is 13.8 Å². The Morgan fingerprint density at radius 1 is 1.07 bits per heavy atom. The second kappa shape index (κ2) is 3.84. The maximum absolute atomic E-state index is 2.74. The van der Waals surface area contributed by atoms with Crippen LogP contribution in [0.1, 0.15) is 47.0 Å². The predicted octanol–water partition coefficient (Wildman–Crippen LogP) is 3.15. The Kier molecular flexibility index (Phi) is 2.88. The molecule has 82 valence electrons. The topological polar surface area (TPSA) is 3.24 Å². The van der Waals surface area contributed by atoms with Gasteiger partial charge in [0.25, 0.3) is 0 Å². The van der Waals surface area contributed by atoms with Crippen LogP contribution in [0, 0.1) is 17.8 Å². The third-order valence-corrected chi connectivity index (χ3v) is 4.45. The van der Waals surface area contributed by atoms with Gasteiger partial charge >= 0.3 is 0 Å². The zero-order chi connectivity index (χ0) is 10.3. The molecule has 2 saturated heterocycles. The number of hydrogen-bond acceptors (Lipinski definition) is 1. The van der Waals surface area contributed by atoms with Gasteiger partial charge in [-0.25, -0.2) is 0 Å². The van der Waals surface area contributed by atoms with Crippen LogP contribution in [0.25, 0.3) is 0 Å². The lowest BCUT2D eigenvalue weighted by Crippen LogP contribution is -2.55. The number of fused-ring (bicyclic) bond motifs is 3. The van der Waals surface area contributed by atoms with E-state index in [1.807, 2.05) is 0 Å². The van der Waals surface area contributed by atoms with Gasteiger partial charge in [0.15, 0.2) is 0 Å². The van der Waals surface area contributed by atoms with Crippen LogP contribution in [-0.2, 0) is 0 Å². The van der Waals surface area contributed by atoms with Gasteiger partial charge in [0.2, 0.25) is 0 Å². The first-order valence-electron chi connectivity index (χ1n) is 6.35. The van der Waals surface area contributed by atoms with Gasteiger partial charge in [0.05, 0.1) is 0 Å². The summed E-state index contributed by atoms with van der Waals surface area (Å²) in [6.07, 6.45) is 4.43. The predicted molar refractivity (Wildman–Crippen MR) is 61.3 cm³/mol. The number of rotatable bonds is 2. The van der Waals surface area contributed by atoms with Crippen molar-refractivity contribution in [1.29, 1.82) is 0 Å². The smallest absolute Gasteiger partial charge is 0.0101 e. The lowest BCUT2D eigenvalue weighted by molar-refractivity contribution is -0.0287. The van der Waals surface area contributed by atoms with Crippen molar-refractivity contribution in [1.82, 2.24) is 4.90 Å². The van der Waals surface area contributed by atoms with Gasteiger partial charge in [-0.05, 0) is 50.9 Å². The average Bonchev–Trinajstić information content (AvgIpc) is 2.18. The maximum Gasteiger partial charge on any atom is 0.0101 e. The standard InChI is InChI=1S/C13H25N/c1-9(2)13-7-12-6-5-11(13)8-14(12)10(3)4/h9-13H,5-8H2,1-4H3/t11-,12-,13?/m0/s1.